The molecule has 0 spiro atoms. The lowest BCUT2D eigenvalue weighted by Gasteiger charge is -2.47. The van der Waals surface area contributed by atoms with Gasteiger partial charge in [0.15, 0.2) is 5.82 Å². The number of aromatic nitrogens is 5. The molecule has 1 saturated heterocycles. The molecule has 8 heteroatoms. The third kappa shape index (κ3) is 3.74. The molecule has 1 saturated carbocycles. The maximum atomic E-state index is 13.7. The Bertz CT molecular complexity index is 1260. The number of carbonyl (C=O) groups is 1. The van der Waals surface area contributed by atoms with Crippen LogP contribution < -0.4 is 0 Å². The first kappa shape index (κ1) is 21.5. The summed E-state index contributed by atoms with van der Waals surface area (Å²) in [6, 6.07) is 11.0. The molecule has 4 heterocycles. The Balaban J connectivity index is 1.24. The van der Waals surface area contributed by atoms with Gasteiger partial charge in [0.2, 0.25) is 5.91 Å². The van der Waals surface area contributed by atoms with E-state index in [9.17, 15) is 4.79 Å². The molecule has 2 aliphatic rings. The van der Waals surface area contributed by atoms with Crippen LogP contribution in [0.5, 0.6) is 0 Å². The number of nitrogens with one attached hydrogen (secondary N) is 2. The summed E-state index contributed by atoms with van der Waals surface area (Å²) < 4.78 is 0. The Morgan fingerprint density at radius 3 is 2.97 bits per heavy atom. The maximum absolute atomic E-state index is 13.7. The molecule has 0 bridgehead atoms. The topological polar surface area (TPSA) is 90.6 Å². The zero-order valence-electron chi connectivity index (χ0n) is 19.4. The molecule has 176 valence electrons. The van der Waals surface area contributed by atoms with E-state index >= 15 is 0 Å². The number of H-pyrrole nitrogens is 2. The van der Waals surface area contributed by atoms with Crippen molar-refractivity contribution in [1.82, 2.24) is 30.5 Å². The Labute approximate surface area is 203 Å². The summed E-state index contributed by atoms with van der Waals surface area (Å²) in [5.74, 6) is 2.07. The van der Waals surface area contributed by atoms with Crippen LogP contribution in [0.4, 0.5) is 0 Å². The molecule has 2 N–H and O–H groups in total. The van der Waals surface area contributed by atoms with Gasteiger partial charge in [-0.15, -0.1) is 16.4 Å². The number of piperidine rings is 1. The van der Waals surface area contributed by atoms with Crippen molar-refractivity contribution in [2.45, 2.75) is 63.3 Å². The van der Waals surface area contributed by atoms with Gasteiger partial charge in [0, 0.05) is 52.5 Å². The predicted octanol–water partition coefficient (Wildman–Crippen LogP) is 5.48. The fourth-order valence-electron chi connectivity index (χ4n) is 6.39. The number of thiophene rings is 1. The van der Waals surface area contributed by atoms with Crippen molar-refractivity contribution in [2.24, 2.45) is 5.92 Å². The summed E-state index contributed by atoms with van der Waals surface area (Å²) in [5, 5.41) is 18.2. The summed E-state index contributed by atoms with van der Waals surface area (Å²) in [7, 11) is 0. The summed E-state index contributed by atoms with van der Waals surface area (Å²) >= 11 is 1.76. The summed E-state index contributed by atoms with van der Waals surface area (Å²) in [4.78, 5) is 20.6. The number of tetrazole rings is 1. The van der Waals surface area contributed by atoms with Crippen LogP contribution in [0, 0.1) is 5.92 Å². The lowest BCUT2D eigenvalue weighted by atomic mass is 9.70. The molecule has 3 aromatic heterocycles. The van der Waals surface area contributed by atoms with Crippen molar-refractivity contribution in [1.29, 1.82) is 0 Å². The minimum atomic E-state index is 0.139. The highest BCUT2D eigenvalue weighted by Crippen LogP contribution is 2.44. The number of aromatic amines is 2. The van der Waals surface area contributed by atoms with E-state index in [0.717, 1.165) is 50.0 Å². The second kappa shape index (κ2) is 8.98. The Morgan fingerprint density at radius 1 is 1.21 bits per heavy atom. The molecule has 4 unspecified atom stereocenters. The van der Waals surface area contributed by atoms with E-state index in [2.05, 4.69) is 79.3 Å². The monoisotopic (exact) mass is 474 g/mol. The third-order valence-electron chi connectivity index (χ3n) is 7.93. The van der Waals surface area contributed by atoms with Crippen molar-refractivity contribution in [3.8, 4) is 10.4 Å². The van der Waals surface area contributed by atoms with Crippen LogP contribution in [-0.4, -0.2) is 49.0 Å². The number of likely N-dealkylation sites (tertiary alicyclic amines) is 1. The standard InChI is InChI=1S/C26H30N6OS/c1-16(20-15-27-21-9-2-7-19(25(20)21)23-11-5-13-34-23)14-24(33)32-12-4-8-17-18(6-3-10-22(17)32)26-28-30-31-29-26/h2,5,7,9,11,13,15-18,22,27H,3-4,6,8,10,12,14H2,1H3,(H,28,29,30,31). The summed E-state index contributed by atoms with van der Waals surface area (Å²) in [6.45, 7) is 3.05. The van der Waals surface area contributed by atoms with Crippen LogP contribution in [0.15, 0.2) is 41.9 Å². The average Bonchev–Trinajstić information content (AvgIpc) is 3.64. The van der Waals surface area contributed by atoms with Gasteiger partial charge in [0.05, 0.1) is 0 Å². The molecule has 1 aliphatic heterocycles. The SMILES string of the molecule is CC(CC(=O)N1CCCC2C(c3nnn[nH]3)CCCC21)c1c[nH]c2cccc(-c3cccs3)c12. The number of nitrogens with zero attached hydrogens (tertiary/aromatic N) is 4. The molecule has 2 fully saturated rings. The predicted molar refractivity (Wildman–Crippen MR) is 134 cm³/mol. The highest BCUT2D eigenvalue weighted by molar-refractivity contribution is 7.13. The Hall–Kier alpha value is -3.00. The summed E-state index contributed by atoms with van der Waals surface area (Å²) in [5.41, 5.74) is 3.61. The molecule has 34 heavy (non-hydrogen) atoms. The van der Waals surface area contributed by atoms with Gasteiger partial charge in [-0.3, -0.25) is 4.79 Å². The molecule has 1 aliphatic carbocycles. The highest BCUT2D eigenvalue weighted by Gasteiger charge is 2.42. The lowest BCUT2D eigenvalue weighted by Crippen LogP contribution is -2.51. The van der Waals surface area contributed by atoms with Gasteiger partial charge >= 0.3 is 0 Å². The van der Waals surface area contributed by atoms with Gasteiger partial charge < -0.3 is 9.88 Å². The Morgan fingerprint density at radius 2 is 2.15 bits per heavy atom. The van der Waals surface area contributed by atoms with Crippen LogP contribution in [-0.2, 0) is 4.79 Å². The number of carbonyl (C=O) groups excluding carboxylic acids is 1. The van der Waals surface area contributed by atoms with Crippen LogP contribution in [0.1, 0.15) is 68.7 Å². The second-order valence-electron chi connectivity index (χ2n) is 9.84. The van der Waals surface area contributed by atoms with E-state index in [1.54, 1.807) is 11.3 Å². The van der Waals surface area contributed by atoms with Crippen molar-refractivity contribution in [3.05, 3.63) is 53.3 Å². The molecular formula is C26H30N6OS. The molecule has 1 aromatic carbocycles. The first-order valence-corrected chi connectivity index (χ1v) is 13.3. The minimum absolute atomic E-state index is 0.139. The van der Waals surface area contributed by atoms with Crippen LogP contribution >= 0.6 is 11.3 Å². The number of rotatable bonds is 5. The van der Waals surface area contributed by atoms with Crippen molar-refractivity contribution < 1.29 is 4.79 Å². The van der Waals surface area contributed by atoms with Gasteiger partial charge in [0.1, 0.15) is 0 Å². The molecular weight excluding hydrogens is 444 g/mol. The van der Waals surface area contributed by atoms with E-state index in [-0.39, 0.29) is 11.8 Å². The van der Waals surface area contributed by atoms with E-state index in [1.165, 1.54) is 21.4 Å². The van der Waals surface area contributed by atoms with E-state index < -0.39 is 0 Å². The van der Waals surface area contributed by atoms with E-state index in [4.69, 9.17) is 0 Å². The fourth-order valence-corrected chi connectivity index (χ4v) is 7.14. The lowest BCUT2D eigenvalue weighted by molar-refractivity contribution is -0.138. The van der Waals surface area contributed by atoms with Gasteiger partial charge in [0.25, 0.3) is 0 Å². The fraction of sp³-hybridized carbons (Fsp3) is 0.462. The van der Waals surface area contributed by atoms with Crippen LogP contribution in [0.3, 0.4) is 0 Å². The zero-order chi connectivity index (χ0) is 23.1. The third-order valence-corrected chi connectivity index (χ3v) is 8.83. The quantitative estimate of drug-likeness (QED) is 0.401. The van der Waals surface area contributed by atoms with Gasteiger partial charge in [-0.1, -0.05) is 31.5 Å². The molecule has 4 aromatic rings. The molecule has 4 atom stereocenters. The molecule has 7 nitrogen and oxygen atoms in total. The molecule has 1 amide bonds. The van der Waals surface area contributed by atoms with Gasteiger partial charge in [-0.25, -0.2) is 5.10 Å². The average molecular weight is 475 g/mol. The number of amides is 1. The second-order valence-corrected chi connectivity index (χ2v) is 10.8. The van der Waals surface area contributed by atoms with Crippen LogP contribution in [0.25, 0.3) is 21.3 Å². The van der Waals surface area contributed by atoms with Crippen molar-refractivity contribution in [2.75, 3.05) is 6.54 Å². The number of fused-ring (bicyclic) bond motifs is 2. The van der Waals surface area contributed by atoms with E-state index in [1.807, 2.05) is 0 Å². The number of hydrogen-bond donors (Lipinski definition) is 2. The van der Waals surface area contributed by atoms with E-state index in [0.29, 0.717) is 24.3 Å². The van der Waals surface area contributed by atoms with Crippen molar-refractivity contribution >= 4 is 28.1 Å². The largest absolute Gasteiger partial charge is 0.361 e. The number of hydrogen-bond acceptors (Lipinski definition) is 5. The van der Waals surface area contributed by atoms with Gasteiger partial charge in [-0.05, 0) is 71.0 Å². The Kier molecular flexibility index (Phi) is 5.69. The van der Waals surface area contributed by atoms with Crippen molar-refractivity contribution in [3.63, 3.8) is 0 Å². The normalized spacial score (nSPS) is 23.7. The smallest absolute Gasteiger partial charge is 0.223 e. The number of benzene rings is 1. The minimum Gasteiger partial charge on any atom is -0.361 e. The van der Waals surface area contributed by atoms with Gasteiger partial charge in [-0.2, -0.15) is 0 Å². The summed E-state index contributed by atoms with van der Waals surface area (Å²) in [6.07, 6.45) is 8.11. The van der Waals surface area contributed by atoms with Crippen LogP contribution in [0.2, 0.25) is 0 Å². The highest BCUT2D eigenvalue weighted by atomic mass is 32.1. The first-order valence-electron chi connectivity index (χ1n) is 12.4. The first-order chi connectivity index (χ1) is 16.7. The molecule has 0 radical (unpaired) electrons. The maximum Gasteiger partial charge on any atom is 0.223 e. The zero-order valence-corrected chi connectivity index (χ0v) is 20.2. The molecule has 6 rings (SSSR count).